The Kier molecular flexibility index (Phi) is 3.97. The summed E-state index contributed by atoms with van der Waals surface area (Å²) < 4.78 is 0.779. The summed E-state index contributed by atoms with van der Waals surface area (Å²) in [5.41, 5.74) is 2.27. The first-order valence-corrected chi connectivity index (χ1v) is 6.40. The van der Waals surface area contributed by atoms with Gasteiger partial charge in [0.25, 0.3) is 0 Å². The Morgan fingerprint density at radius 2 is 2.00 bits per heavy atom. The number of aryl methyl sites for hydroxylation is 1. The van der Waals surface area contributed by atoms with E-state index in [1.54, 1.807) is 6.20 Å². The number of hydrogen-bond donors (Lipinski definition) is 1. The van der Waals surface area contributed by atoms with E-state index in [-0.39, 0.29) is 5.28 Å². The fraction of sp³-hybridized carbons (Fsp3) is 0.167. The predicted octanol–water partition coefficient (Wildman–Crippen LogP) is 4.20. The third-order valence-corrected chi connectivity index (χ3v) is 3.10. The molecule has 88 valence electrons. The summed E-state index contributed by atoms with van der Waals surface area (Å²) in [6.07, 6.45) is 2.65. The first-order valence-electron chi connectivity index (χ1n) is 5.23. The van der Waals surface area contributed by atoms with Gasteiger partial charge in [0.05, 0.1) is 4.47 Å². The second-order valence-corrected chi connectivity index (χ2v) is 4.70. The minimum Gasteiger partial charge on any atom is -0.339 e. The van der Waals surface area contributed by atoms with Crippen LogP contribution in [0.2, 0.25) is 5.28 Å². The third kappa shape index (κ3) is 3.17. The van der Waals surface area contributed by atoms with Crippen molar-refractivity contribution in [3.63, 3.8) is 0 Å². The van der Waals surface area contributed by atoms with E-state index >= 15 is 0 Å². The smallest absolute Gasteiger partial charge is 0.224 e. The first kappa shape index (κ1) is 12.3. The molecule has 0 atom stereocenters. The average Bonchev–Trinajstić information content (AvgIpc) is 2.35. The normalized spacial score (nSPS) is 10.3. The highest BCUT2D eigenvalue weighted by Gasteiger charge is 2.04. The highest BCUT2D eigenvalue weighted by molar-refractivity contribution is 9.10. The van der Waals surface area contributed by atoms with Crippen molar-refractivity contribution in [2.45, 2.75) is 13.3 Å². The molecule has 2 aromatic rings. The monoisotopic (exact) mass is 311 g/mol. The Morgan fingerprint density at radius 3 is 2.65 bits per heavy atom. The number of anilines is 2. The lowest BCUT2D eigenvalue weighted by molar-refractivity contribution is 1.14. The van der Waals surface area contributed by atoms with Gasteiger partial charge in [0.15, 0.2) is 0 Å². The summed E-state index contributed by atoms with van der Waals surface area (Å²) in [5, 5.41) is 3.40. The molecular weight excluding hydrogens is 302 g/mol. The number of nitrogens with zero attached hydrogens (tertiary/aromatic N) is 2. The molecule has 1 heterocycles. The van der Waals surface area contributed by atoms with E-state index in [4.69, 9.17) is 11.6 Å². The van der Waals surface area contributed by atoms with Crippen LogP contribution in [-0.4, -0.2) is 9.97 Å². The molecule has 0 unspecified atom stereocenters. The van der Waals surface area contributed by atoms with Gasteiger partial charge in [-0.05, 0) is 51.6 Å². The quantitative estimate of drug-likeness (QED) is 0.863. The molecular formula is C12H11BrClN3. The van der Waals surface area contributed by atoms with Crippen molar-refractivity contribution >= 4 is 39.0 Å². The molecule has 0 aliphatic heterocycles. The Hall–Kier alpha value is -1.13. The summed E-state index contributed by atoms with van der Waals surface area (Å²) in [6, 6.07) is 8.20. The maximum Gasteiger partial charge on any atom is 0.224 e. The molecule has 0 bridgehead atoms. The van der Waals surface area contributed by atoms with Gasteiger partial charge in [-0.2, -0.15) is 4.98 Å². The van der Waals surface area contributed by atoms with Gasteiger partial charge >= 0.3 is 0 Å². The van der Waals surface area contributed by atoms with Gasteiger partial charge in [0, 0.05) is 11.9 Å². The highest BCUT2D eigenvalue weighted by atomic mass is 79.9. The molecule has 5 heteroatoms. The Bertz CT molecular complexity index is 514. The van der Waals surface area contributed by atoms with Crippen molar-refractivity contribution in [3.05, 3.63) is 45.8 Å². The van der Waals surface area contributed by atoms with Crippen molar-refractivity contribution in [2.24, 2.45) is 0 Å². The minimum atomic E-state index is 0.223. The van der Waals surface area contributed by atoms with E-state index in [1.807, 2.05) is 12.1 Å². The Labute approximate surface area is 113 Å². The van der Waals surface area contributed by atoms with E-state index in [9.17, 15) is 0 Å². The number of rotatable bonds is 3. The molecule has 0 saturated carbocycles. The van der Waals surface area contributed by atoms with Crippen LogP contribution in [0.5, 0.6) is 0 Å². The second kappa shape index (κ2) is 5.47. The first-order chi connectivity index (χ1) is 8.19. The van der Waals surface area contributed by atoms with Crippen LogP contribution in [0, 0.1) is 0 Å². The molecule has 0 spiro atoms. The van der Waals surface area contributed by atoms with Crippen LogP contribution in [0.3, 0.4) is 0 Å². The molecule has 0 saturated heterocycles. The minimum absolute atomic E-state index is 0.223. The molecule has 1 aromatic carbocycles. The zero-order valence-corrected chi connectivity index (χ0v) is 11.6. The summed E-state index contributed by atoms with van der Waals surface area (Å²) in [4.78, 5) is 7.98. The lowest BCUT2D eigenvalue weighted by atomic mass is 10.1. The van der Waals surface area contributed by atoms with Gasteiger partial charge in [-0.1, -0.05) is 19.1 Å². The van der Waals surface area contributed by atoms with E-state index in [2.05, 4.69) is 50.3 Å². The van der Waals surface area contributed by atoms with Crippen LogP contribution < -0.4 is 5.32 Å². The van der Waals surface area contributed by atoms with Crippen LogP contribution in [-0.2, 0) is 6.42 Å². The lowest BCUT2D eigenvalue weighted by Crippen LogP contribution is -1.96. The van der Waals surface area contributed by atoms with Gasteiger partial charge in [0.1, 0.15) is 5.82 Å². The highest BCUT2D eigenvalue weighted by Crippen LogP contribution is 2.24. The van der Waals surface area contributed by atoms with Crippen molar-refractivity contribution in [1.82, 2.24) is 9.97 Å². The predicted molar refractivity (Wildman–Crippen MR) is 73.8 cm³/mol. The molecule has 1 N–H and O–H groups in total. The summed E-state index contributed by atoms with van der Waals surface area (Å²) in [6.45, 7) is 2.13. The van der Waals surface area contributed by atoms with Crippen molar-refractivity contribution < 1.29 is 0 Å². The van der Waals surface area contributed by atoms with Gasteiger partial charge in [-0.25, -0.2) is 4.98 Å². The fourth-order valence-corrected chi connectivity index (χ4v) is 1.82. The molecule has 1 aromatic heterocycles. The van der Waals surface area contributed by atoms with Gasteiger partial charge < -0.3 is 5.32 Å². The van der Waals surface area contributed by atoms with Crippen LogP contribution in [0.25, 0.3) is 0 Å². The summed E-state index contributed by atoms with van der Waals surface area (Å²) in [5.74, 6) is 0.661. The van der Waals surface area contributed by atoms with Crippen molar-refractivity contribution in [3.8, 4) is 0 Å². The number of aromatic nitrogens is 2. The Balaban J connectivity index is 2.22. The average molecular weight is 313 g/mol. The zero-order chi connectivity index (χ0) is 12.3. The number of halogens is 2. The fourth-order valence-electron chi connectivity index (χ4n) is 1.39. The maximum absolute atomic E-state index is 5.75. The molecule has 0 aliphatic rings. The number of nitrogens with one attached hydrogen (secondary N) is 1. The largest absolute Gasteiger partial charge is 0.339 e. The van der Waals surface area contributed by atoms with Gasteiger partial charge in [0.2, 0.25) is 5.28 Å². The molecule has 0 fully saturated rings. The summed E-state index contributed by atoms with van der Waals surface area (Å²) in [7, 11) is 0. The molecule has 0 aliphatic carbocycles. The van der Waals surface area contributed by atoms with Gasteiger partial charge in [-0.15, -0.1) is 0 Å². The lowest BCUT2D eigenvalue weighted by Gasteiger charge is -2.07. The van der Waals surface area contributed by atoms with Crippen LogP contribution in [0.1, 0.15) is 12.5 Å². The van der Waals surface area contributed by atoms with E-state index in [0.29, 0.717) is 5.82 Å². The molecule has 2 rings (SSSR count). The van der Waals surface area contributed by atoms with E-state index < -0.39 is 0 Å². The number of hydrogen-bond acceptors (Lipinski definition) is 3. The molecule has 0 radical (unpaired) electrons. The second-order valence-electron chi connectivity index (χ2n) is 3.51. The topological polar surface area (TPSA) is 37.8 Å². The van der Waals surface area contributed by atoms with E-state index in [1.165, 1.54) is 5.56 Å². The van der Waals surface area contributed by atoms with Crippen LogP contribution >= 0.6 is 27.5 Å². The van der Waals surface area contributed by atoms with Crippen LogP contribution in [0.15, 0.2) is 34.9 Å². The zero-order valence-electron chi connectivity index (χ0n) is 9.24. The number of benzene rings is 1. The maximum atomic E-state index is 5.75. The van der Waals surface area contributed by atoms with E-state index in [0.717, 1.165) is 16.6 Å². The molecule has 3 nitrogen and oxygen atoms in total. The third-order valence-electron chi connectivity index (χ3n) is 2.34. The Morgan fingerprint density at radius 1 is 1.29 bits per heavy atom. The standard InChI is InChI=1S/C12H11BrClN3/c1-2-8-3-5-9(6-4-8)16-11-10(13)7-15-12(14)17-11/h3-7H,2H2,1H3,(H,15,16,17). The van der Waals surface area contributed by atoms with Crippen molar-refractivity contribution in [2.75, 3.05) is 5.32 Å². The van der Waals surface area contributed by atoms with Crippen molar-refractivity contribution in [1.29, 1.82) is 0 Å². The summed E-state index contributed by atoms with van der Waals surface area (Å²) >= 11 is 9.12. The SMILES string of the molecule is CCc1ccc(Nc2nc(Cl)ncc2Br)cc1. The molecule has 0 amide bonds. The molecule has 17 heavy (non-hydrogen) atoms. The van der Waals surface area contributed by atoms with Gasteiger partial charge in [-0.3, -0.25) is 0 Å². The van der Waals surface area contributed by atoms with Crippen LogP contribution in [0.4, 0.5) is 11.5 Å².